The molecule has 0 aromatic heterocycles. The molecule has 0 aliphatic heterocycles. The SMILES string of the molecule is CCC[C@@]12CC[C@@H](C[C@H]1NC=O)C2(C)C. The normalized spacial score (nSPS) is 41.8. The molecule has 0 unspecified atom stereocenters. The van der Waals surface area contributed by atoms with Crippen LogP contribution >= 0.6 is 0 Å². The summed E-state index contributed by atoms with van der Waals surface area (Å²) in [6, 6.07) is 0.434. The van der Waals surface area contributed by atoms with Crippen molar-refractivity contribution in [1.29, 1.82) is 0 Å². The number of nitrogens with one attached hydrogen (secondary N) is 1. The summed E-state index contributed by atoms with van der Waals surface area (Å²) in [5.41, 5.74) is 0.803. The average molecular weight is 209 g/mol. The van der Waals surface area contributed by atoms with Gasteiger partial charge >= 0.3 is 0 Å². The molecule has 0 radical (unpaired) electrons. The van der Waals surface area contributed by atoms with E-state index in [9.17, 15) is 4.79 Å². The van der Waals surface area contributed by atoms with Crippen LogP contribution in [-0.2, 0) is 4.79 Å². The lowest BCUT2D eigenvalue weighted by Gasteiger charge is -2.42. The maximum Gasteiger partial charge on any atom is 0.207 e. The van der Waals surface area contributed by atoms with Gasteiger partial charge in [0.05, 0.1) is 0 Å². The molecule has 2 fully saturated rings. The Hall–Kier alpha value is -0.530. The highest BCUT2D eigenvalue weighted by atomic mass is 16.1. The van der Waals surface area contributed by atoms with E-state index in [1.54, 1.807) is 0 Å². The van der Waals surface area contributed by atoms with E-state index in [2.05, 4.69) is 26.1 Å². The highest BCUT2D eigenvalue weighted by Crippen LogP contribution is 2.67. The monoisotopic (exact) mass is 209 g/mol. The number of amides is 1. The number of carbonyl (C=O) groups excluding carboxylic acids is 1. The lowest BCUT2D eigenvalue weighted by Crippen LogP contribution is -2.46. The molecule has 0 saturated heterocycles. The Morgan fingerprint density at radius 1 is 1.47 bits per heavy atom. The van der Waals surface area contributed by atoms with Gasteiger partial charge in [-0.1, -0.05) is 27.2 Å². The summed E-state index contributed by atoms with van der Waals surface area (Å²) in [5, 5.41) is 3.08. The summed E-state index contributed by atoms with van der Waals surface area (Å²) in [6.07, 6.45) is 7.27. The van der Waals surface area contributed by atoms with Gasteiger partial charge in [-0.25, -0.2) is 0 Å². The van der Waals surface area contributed by atoms with E-state index in [4.69, 9.17) is 0 Å². The van der Waals surface area contributed by atoms with Crippen molar-refractivity contribution in [2.75, 3.05) is 0 Å². The maximum absolute atomic E-state index is 10.7. The number of hydrogen-bond donors (Lipinski definition) is 1. The molecule has 2 rings (SSSR count). The van der Waals surface area contributed by atoms with Crippen LogP contribution in [0.2, 0.25) is 0 Å². The van der Waals surface area contributed by atoms with E-state index in [-0.39, 0.29) is 0 Å². The molecule has 2 saturated carbocycles. The Morgan fingerprint density at radius 2 is 2.20 bits per heavy atom. The minimum atomic E-state index is 0.382. The smallest absolute Gasteiger partial charge is 0.207 e. The number of carbonyl (C=O) groups is 1. The maximum atomic E-state index is 10.7. The third-order valence-corrected chi connectivity index (χ3v) is 5.40. The van der Waals surface area contributed by atoms with E-state index >= 15 is 0 Å². The molecule has 3 atom stereocenters. The first-order chi connectivity index (χ1) is 7.08. The first-order valence-corrected chi connectivity index (χ1v) is 6.28. The van der Waals surface area contributed by atoms with E-state index in [1.807, 2.05) is 0 Å². The summed E-state index contributed by atoms with van der Waals surface area (Å²) < 4.78 is 0. The predicted octanol–water partition coefficient (Wildman–Crippen LogP) is 2.73. The molecule has 0 spiro atoms. The fourth-order valence-corrected chi connectivity index (χ4v) is 4.44. The Kier molecular flexibility index (Phi) is 2.56. The topological polar surface area (TPSA) is 29.1 Å². The highest BCUT2D eigenvalue weighted by Gasteiger charge is 2.63. The minimum absolute atomic E-state index is 0.382. The number of hydrogen-bond acceptors (Lipinski definition) is 1. The molecule has 0 aromatic carbocycles. The molecule has 2 nitrogen and oxygen atoms in total. The molecule has 15 heavy (non-hydrogen) atoms. The Bertz CT molecular complexity index is 261. The average Bonchev–Trinajstić information content (AvgIpc) is 2.53. The number of fused-ring (bicyclic) bond motifs is 2. The molecule has 0 heterocycles. The van der Waals surface area contributed by atoms with E-state index in [1.165, 1.54) is 32.1 Å². The zero-order chi connectivity index (χ0) is 11.1. The molecule has 2 heteroatoms. The van der Waals surface area contributed by atoms with Gasteiger partial charge in [0.25, 0.3) is 0 Å². The van der Waals surface area contributed by atoms with Gasteiger partial charge < -0.3 is 5.32 Å². The molecule has 2 aliphatic rings. The lowest BCUT2D eigenvalue weighted by molar-refractivity contribution is -0.111. The van der Waals surface area contributed by atoms with Crippen LogP contribution in [0, 0.1) is 16.7 Å². The van der Waals surface area contributed by atoms with Crippen LogP contribution < -0.4 is 5.32 Å². The fraction of sp³-hybridized carbons (Fsp3) is 0.923. The second kappa shape index (κ2) is 3.50. The molecule has 2 bridgehead atoms. The number of rotatable bonds is 4. The van der Waals surface area contributed by atoms with Crippen LogP contribution in [0.3, 0.4) is 0 Å². The van der Waals surface area contributed by atoms with Gasteiger partial charge in [0, 0.05) is 6.04 Å². The van der Waals surface area contributed by atoms with Crippen molar-refractivity contribution in [1.82, 2.24) is 5.32 Å². The van der Waals surface area contributed by atoms with Gasteiger partial charge in [-0.15, -0.1) is 0 Å². The second-order valence-corrected chi connectivity index (χ2v) is 5.94. The van der Waals surface area contributed by atoms with Crippen LogP contribution in [0.5, 0.6) is 0 Å². The first kappa shape index (κ1) is 11.0. The second-order valence-electron chi connectivity index (χ2n) is 5.94. The van der Waals surface area contributed by atoms with Crippen LogP contribution in [0.1, 0.15) is 52.9 Å². The minimum Gasteiger partial charge on any atom is -0.355 e. The predicted molar refractivity (Wildman–Crippen MR) is 61.5 cm³/mol. The van der Waals surface area contributed by atoms with Gasteiger partial charge in [0.15, 0.2) is 0 Å². The third kappa shape index (κ3) is 1.26. The quantitative estimate of drug-likeness (QED) is 0.709. The molecule has 86 valence electrons. The van der Waals surface area contributed by atoms with E-state index < -0.39 is 0 Å². The van der Waals surface area contributed by atoms with Crippen molar-refractivity contribution < 1.29 is 4.79 Å². The Morgan fingerprint density at radius 3 is 2.73 bits per heavy atom. The first-order valence-electron chi connectivity index (χ1n) is 6.28. The van der Waals surface area contributed by atoms with Gasteiger partial charge in [0.2, 0.25) is 6.41 Å². The molecule has 2 aliphatic carbocycles. The van der Waals surface area contributed by atoms with Crippen LogP contribution in [0.15, 0.2) is 0 Å². The Labute approximate surface area is 92.8 Å². The van der Waals surface area contributed by atoms with E-state index in [0.717, 1.165) is 12.3 Å². The summed E-state index contributed by atoms with van der Waals surface area (Å²) in [5.74, 6) is 0.821. The molecule has 1 amide bonds. The summed E-state index contributed by atoms with van der Waals surface area (Å²) in [4.78, 5) is 10.7. The van der Waals surface area contributed by atoms with Gasteiger partial charge in [-0.3, -0.25) is 4.79 Å². The van der Waals surface area contributed by atoms with Gasteiger partial charge in [0.1, 0.15) is 0 Å². The third-order valence-electron chi connectivity index (χ3n) is 5.40. The van der Waals surface area contributed by atoms with E-state index in [0.29, 0.717) is 16.9 Å². The largest absolute Gasteiger partial charge is 0.355 e. The lowest BCUT2D eigenvalue weighted by atomic mass is 9.65. The Balaban J connectivity index is 2.28. The molecule has 1 N–H and O–H groups in total. The summed E-state index contributed by atoms with van der Waals surface area (Å²) in [7, 11) is 0. The van der Waals surface area contributed by atoms with Crippen molar-refractivity contribution in [3.05, 3.63) is 0 Å². The fourth-order valence-electron chi connectivity index (χ4n) is 4.44. The van der Waals surface area contributed by atoms with Gasteiger partial charge in [-0.2, -0.15) is 0 Å². The standard InChI is InChI=1S/C13H23NO/c1-4-6-13-7-5-10(12(13,2)3)8-11(13)14-9-15/h9-11H,4-8H2,1-3H3,(H,14,15)/t10-,11+,13+/m0/s1. The van der Waals surface area contributed by atoms with Crippen LogP contribution in [0.4, 0.5) is 0 Å². The summed E-state index contributed by atoms with van der Waals surface area (Å²) >= 11 is 0. The highest BCUT2D eigenvalue weighted by molar-refractivity contribution is 5.47. The summed E-state index contributed by atoms with van der Waals surface area (Å²) in [6.45, 7) is 7.08. The molecular weight excluding hydrogens is 186 g/mol. The van der Waals surface area contributed by atoms with Crippen molar-refractivity contribution in [2.45, 2.75) is 58.9 Å². The molecule has 0 aromatic rings. The van der Waals surface area contributed by atoms with Crippen molar-refractivity contribution in [2.24, 2.45) is 16.7 Å². The zero-order valence-corrected chi connectivity index (χ0v) is 10.2. The van der Waals surface area contributed by atoms with Crippen molar-refractivity contribution in [3.8, 4) is 0 Å². The zero-order valence-electron chi connectivity index (χ0n) is 10.2. The van der Waals surface area contributed by atoms with Crippen molar-refractivity contribution in [3.63, 3.8) is 0 Å². The van der Waals surface area contributed by atoms with Gasteiger partial charge in [-0.05, 0) is 42.4 Å². The molecular formula is C13H23NO. The van der Waals surface area contributed by atoms with Crippen LogP contribution in [0.25, 0.3) is 0 Å². The van der Waals surface area contributed by atoms with Crippen LogP contribution in [-0.4, -0.2) is 12.5 Å². The van der Waals surface area contributed by atoms with Crippen molar-refractivity contribution >= 4 is 6.41 Å².